The molecule has 0 amide bonds. The maximum Gasteiger partial charge on any atom is 0.177 e. The monoisotopic (exact) mass is 273 g/mol. The predicted molar refractivity (Wildman–Crippen MR) is 69.8 cm³/mol. The normalized spacial score (nSPS) is 12.9. The maximum absolute atomic E-state index is 13.9. The average Bonchev–Trinajstić information content (AvgIpc) is 2.37. The van der Waals surface area contributed by atoms with Gasteiger partial charge in [0, 0.05) is 18.8 Å². The summed E-state index contributed by atoms with van der Waals surface area (Å²) < 4.78 is 38.6. The molecule has 3 nitrogen and oxygen atoms in total. The van der Waals surface area contributed by atoms with Gasteiger partial charge in [-0.15, -0.1) is 0 Å². The molecule has 0 aliphatic carbocycles. The summed E-state index contributed by atoms with van der Waals surface area (Å²) in [6, 6.07) is 3.13. The zero-order chi connectivity index (χ0) is 14.3. The highest BCUT2D eigenvalue weighted by atomic mass is 19.1. The van der Waals surface area contributed by atoms with Crippen LogP contribution in [0.2, 0.25) is 0 Å². The van der Waals surface area contributed by atoms with Crippen LogP contribution in [0.3, 0.4) is 0 Å². The largest absolute Gasteiger partial charge is 0.351 e. The van der Waals surface area contributed by atoms with Crippen molar-refractivity contribution in [3.63, 3.8) is 0 Å². The third-order valence-electron chi connectivity index (χ3n) is 2.67. The SMILES string of the molecule is CCNC(c1c(F)cccc1F)C(OCC)OCC. The highest BCUT2D eigenvalue weighted by molar-refractivity contribution is 5.24. The lowest BCUT2D eigenvalue weighted by Crippen LogP contribution is -2.37. The molecule has 1 unspecified atom stereocenters. The van der Waals surface area contributed by atoms with Crippen molar-refractivity contribution in [1.29, 1.82) is 0 Å². The number of likely N-dealkylation sites (N-methyl/N-ethyl adjacent to an activating group) is 1. The first-order chi connectivity index (χ1) is 9.15. The van der Waals surface area contributed by atoms with Crippen LogP contribution in [-0.2, 0) is 9.47 Å². The Morgan fingerprint density at radius 3 is 2.00 bits per heavy atom. The summed E-state index contributed by atoms with van der Waals surface area (Å²) in [6.45, 7) is 6.85. The first-order valence-electron chi connectivity index (χ1n) is 6.56. The van der Waals surface area contributed by atoms with E-state index in [2.05, 4.69) is 5.32 Å². The molecule has 0 saturated heterocycles. The summed E-state index contributed by atoms with van der Waals surface area (Å²) in [5.74, 6) is -1.20. The second-order valence-corrected chi connectivity index (χ2v) is 3.95. The Balaban J connectivity index is 3.09. The lowest BCUT2D eigenvalue weighted by atomic mass is 10.0. The van der Waals surface area contributed by atoms with Crippen molar-refractivity contribution in [2.75, 3.05) is 19.8 Å². The van der Waals surface area contributed by atoms with Crippen LogP contribution in [0, 0.1) is 11.6 Å². The molecule has 0 heterocycles. The van der Waals surface area contributed by atoms with E-state index in [9.17, 15) is 8.78 Å². The molecular formula is C14H21F2NO2. The first kappa shape index (κ1) is 16.0. The summed E-state index contributed by atoms with van der Waals surface area (Å²) in [4.78, 5) is 0. The van der Waals surface area contributed by atoms with Gasteiger partial charge < -0.3 is 14.8 Å². The van der Waals surface area contributed by atoms with Crippen molar-refractivity contribution in [3.8, 4) is 0 Å². The Morgan fingerprint density at radius 2 is 1.58 bits per heavy atom. The van der Waals surface area contributed by atoms with E-state index in [1.165, 1.54) is 18.2 Å². The molecule has 1 aromatic rings. The van der Waals surface area contributed by atoms with Crippen molar-refractivity contribution < 1.29 is 18.3 Å². The third-order valence-corrected chi connectivity index (χ3v) is 2.67. The van der Waals surface area contributed by atoms with E-state index >= 15 is 0 Å². The molecule has 5 heteroatoms. The number of benzene rings is 1. The second-order valence-electron chi connectivity index (χ2n) is 3.95. The minimum Gasteiger partial charge on any atom is -0.351 e. The van der Waals surface area contributed by atoms with E-state index in [4.69, 9.17) is 9.47 Å². The van der Waals surface area contributed by atoms with E-state index in [1.54, 1.807) is 0 Å². The average molecular weight is 273 g/mol. The van der Waals surface area contributed by atoms with Crippen molar-refractivity contribution >= 4 is 0 Å². The van der Waals surface area contributed by atoms with Crippen LogP contribution in [0.5, 0.6) is 0 Å². The number of hydrogen-bond donors (Lipinski definition) is 1. The van der Waals surface area contributed by atoms with Gasteiger partial charge >= 0.3 is 0 Å². The topological polar surface area (TPSA) is 30.5 Å². The van der Waals surface area contributed by atoms with E-state index in [-0.39, 0.29) is 5.56 Å². The Bertz CT molecular complexity index is 361. The molecular weight excluding hydrogens is 252 g/mol. The summed E-state index contributed by atoms with van der Waals surface area (Å²) in [7, 11) is 0. The van der Waals surface area contributed by atoms with Gasteiger partial charge in [0.25, 0.3) is 0 Å². The summed E-state index contributed by atoms with van der Waals surface area (Å²) in [6.07, 6.45) is -0.721. The fourth-order valence-corrected chi connectivity index (χ4v) is 1.93. The Kier molecular flexibility index (Phi) is 6.91. The number of rotatable bonds is 8. The lowest BCUT2D eigenvalue weighted by Gasteiger charge is -2.28. The molecule has 0 bridgehead atoms. The van der Waals surface area contributed by atoms with Gasteiger partial charge in [-0.05, 0) is 32.5 Å². The smallest absolute Gasteiger partial charge is 0.177 e. The predicted octanol–water partition coefficient (Wildman–Crippen LogP) is 3.01. The third kappa shape index (κ3) is 4.23. The van der Waals surface area contributed by atoms with Crippen LogP contribution < -0.4 is 5.32 Å². The molecule has 1 N–H and O–H groups in total. The van der Waals surface area contributed by atoms with Crippen molar-refractivity contribution in [3.05, 3.63) is 35.4 Å². The van der Waals surface area contributed by atoms with Crippen LogP contribution in [-0.4, -0.2) is 26.0 Å². The molecule has 0 fully saturated rings. The highest BCUT2D eigenvalue weighted by Gasteiger charge is 2.28. The summed E-state index contributed by atoms with van der Waals surface area (Å²) in [5.41, 5.74) is -0.0451. The summed E-state index contributed by atoms with van der Waals surface area (Å²) in [5, 5.41) is 3.02. The van der Waals surface area contributed by atoms with Gasteiger partial charge in [0.05, 0.1) is 6.04 Å². The minimum absolute atomic E-state index is 0.0451. The number of halogens is 2. The molecule has 0 aliphatic heterocycles. The van der Waals surface area contributed by atoms with Crippen LogP contribution in [0.4, 0.5) is 8.78 Å². The molecule has 0 spiro atoms. The Morgan fingerprint density at radius 1 is 1.05 bits per heavy atom. The molecule has 0 aromatic heterocycles. The van der Waals surface area contributed by atoms with Gasteiger partial charge in [-0.1, -0.05) is 13.0 Å². The Hall–Kier alpha value is -1.04. The van der Waals surface area contributed by atoms with E-state index in [0.29, 0.717) is 19.8 Å². The zero-order valence-electron chi connectivity index (χ0n) is 11.6. The molecule has 0 aliphatic rings. The highest BCUT2D eigenvalue weighted by Crippen LogP contribution is 2.25. The molecule has 19 heavy (non-hydrogen) atoms. The maximum atomic E-state index is 13.9. The van der Waals surface area contributed by atoms with Crippen LogP contribution >= 0.6 is 0 Å². The number of ether oxygens (including phenoxy) is 2. The molecule has 0 radical (unpaired) electrons. The fourth-order valence-electron chi connectivity index (χ4n) is 1.93. The van der Waals surface area contributed by atoms with Crippen LogP contribution in [0.25, 0.3) is 0 Å². The van der Waals surface area contributed by atoms with Gasteiger partial charge in [-0.3, -0.25) is 0 Å². The molecule has 0 saturated carbocycles. The summed E-state index contributed by atoms with van der Waals surface area (Å²) >= 11 is 0. The second kappa shape index (κ2) is 8.19. The lowest BCUT2D eigenvalue weighted by molar-refractivity contribution is -0.156. The number of hydrogen-bond acceptors (Lipinski definition) is 3. The van der Waals surface area contributed by atoms with E-state index in [0.717, 1.165) is 0 Å². The minimum atomic E-state index is -0.721. The van der Waals surface area contributed by atoms with Crippen LogP contribution in [0.15, 0.2) is 18.2 Å². The quantitative estimate of drug-likeness (QED) is 0.739. The molecule has 1 atom stereocenters. The van der Waals surface area contributed by atoms with Crippen LogP contribution in [0.1, 0.15) is 32.4 Å². The van der Waals surface area contributed by atoms with E-state index < -0.39 is 24.0 Å². The van der Waals surface area contributed by atoms with E-state index in [1.807, 2.05) is 20.8 Å². The first-order valence-corrected chi connectivity index (χ1v) is 6.56. The van der Waals surface area contributed by atoms with Gasteiger partial charge in [-0.2, -0.15) is 0 Å². The van der Waals surface area contributed by atoms with Gasteiger partial charge in [0.15, 0.2) is 6.29 Å². The standard InChI is InChI=1S/C14H21F2NO2/c1-4-17-13(14(18-5-2)19-6-3)12-10(15)8-7-9-11(12)16/h7-9,13-14,17H,4-6H2,1-3H3. The fraction of sp³-hybridized carbons (Fsp3) is 0.571. The van der Waals surface area contributed by atoms with Crippen molar-refractivity contribution in [1.82, 2.24) is 5.32 Å². The Labute approximate surface area is 112 Å². The van der Waals surface area contributed by atoms with Gasteiger partial charge in [-0.25, -0.2) is 8.78 Å². The molecule has 1 aromatic carbocycles. The zero-order valence-corrected chi connectivity index (χ0v) is 11.6. The van der Waals surface area contributed by atoms with Gasteiger partial charge in [0.1, 0.15) is 11.6 Å². The van der Waals surface area contributed by atoms with Gasteiger partial charge in [0.2, 0.25) is 0 Å². The molecule has 1 rings (SSSR count). The number of nitrogens with one attached hydrogen (secondary N) is 1. The van der Waals surface area contributed by atoms with Crippen molar-refractivity contribution in [2.24, 2.45) is 0 Å². The molecule has 108 valence electrons. The van der Waals surface area contributed by atoms with Crippen molar-refractivity contribution in [2.45, 2.75) is 33.1 Å².